The van der Waals surface area contributed by atoms with E-state index in [-0.39, 0.29) is 12.2 Å². The normalized spacial score (nSPS) is 22.7. The first-order valence-corrected chi connectivity index (χ1v) is 9.76. The van der Waals surface area contributed by atoms with Crippen LogP contribution < -0.4 is 0 Å². The summed E-state index contributed by atoms with van der Waals surface area (Å²) in [5, 5.41) is 4.80. The lowest BCUT2D eigenvalue weighted by atomic mass is 10.00. The van der Waals surface area contributed by atoms with Gasteiger partial charge in [-0.1, -0.05) is 37.3 Å². The van der Waals surface area contributed by atoms with E-state index < -0.39 is 0 Å². The summed E-state index contributed by atoms with van der Waals surface area (Å²) >= 11 is 0. The molecule has 0 saturated carbocycles. The Bertz CT molecular complexity index is 878. The Hall–Kier alpha value is -2.53. The van der Waals surface area contributed by atoms with Crippen LogP contribution in [-0.4, -0.2) is 32.0 Å². The summed E-state index contributed by atoms with van der Waals surface area (Å²) in [6.07, 6.45) is 5.12. The molecule has 0 spiro atoms. The molecule has 3 aromatic rings. The van der Waals surface area contributed by atoms with E-state index in [2.05, 4.69) is 54.7 Å². The molecule has 5 heteroatoms. The molecule has 2 atom stereocenters. The zero-order chi connectivity index (χ0) is 18.8. The van der Waals surface area contributed by atoms with Crippen LogP contribution in [0.3, 0.4) is 0 Å². The molecule has 1 fully saturated rings. The van der Waals surface area contributed by atoms with E-state index in [1.165, 1.54) is 0 Å². The van der Waals surface area contributed by atoms with Crippen LogP contribution in [0, 0.1) is 0 Å². The molecular weight excluding hydrogens is 336 g/mol. The first-order valence-electron chi connectivity index (χ1n) is 9.76. The van der Waals surface area contributed by atoms with Gasteiger partial charge in [0.25, 0.3) is 0 Å². The van der Waals surface area contributed by atoms with Crippen LogP contribution in [0.4, 0.5) is 0 Å². The van der Waals surface area contributed by atoms with E-state index in [1.807, 2.05) is 24.4 Å². The lowest BCUT2D eigenvalue weighted by Crippen LogP contribution is -2.31. The van der Waals surface area contributed by atoms with Gasteiger partial charge in [0.15, 0.2) is 11.6 Å². The molecule has 0 bridgehead atoms. The van der Waals surface area contributed by atoms with E-state index in [0.29, 0.717) is 6.04 Å². The second kappa shape index (κ2) is 7.61. The third kappa shape index (κ3) is 3.78. The Morgan fingerprint density at radius 2 is 1.74 bits per heavy atom. The van der Waals surface area contributed by atoms with Crippen molar-refractivity contribution < 1.29 is 4.74 Å². The van der Waals surface area contributed by atoms with Gasteiger partial charge in [-0.2, -0.15) is 5.10 Å². The molecular formula is C22H26N4O. The summed E-state index contributed by atoms with van der Waals surface area (Å²) in [5.41, 5.74) is 3.09. The fourth-order valence-corrected chi connectivity index (χ4v) is 3.84. The Balaban J connectivity index is 1.68. The molecule has 0 N–H and O–H groups in total. The first-order chi connectivity index (χ1) is 13.1. The molecule has 1 aliphatic heterocycles. The average molecular weight is 362 g/mol. The predicted octanol–water partition coefficient (Wildman–Crippen LogP) is 4.70. The largest absolute Gasteiger partial charge is 0.375 e. The van der Waals surface area contributed by atoms with Crippen molar-refractivity contribution in [1.29, 1.82) is 0 Å². The summed E-state index contributed by atoms with van der Waals surface area (Å²) in [7, 11) is 0. The minimum Gasteiger partial charge on any atom is -0.375 e. The van der Waals surface area contributed by atoms with Gasteiger partial charge in [-0.15, -0.1) is 0 Å². The fourth-order valence-electron chi connectivity index (χ4n) is 3.84. The number of rotatable bonds is 4. The summed E-state index contributed by atoms with van der Waals surface area (Å²) in [4.78, 5) is 9.47. The van der Waals surface area contributed by atoms with Crippen molar-refractivity contribution in [1.82, 2.24) is 19.7 Å². The Morgan fingerprint density at radius 1 is 1.00 bits per heavy atom. The number of ether oxygens (including phenoxy) is 1. The summed E-state index contributed by atoms with van der Waals surface area (Å²) in [6.45, 7) is 6.36. The second-order valence-corrected chi connectivity index (χ2v) is 7.33. The van der Waals surface area contributed by atoms with Gasteiger partial charge >= 0.3 is 0 Å². The van der Waals surface area contributed by atoms with Crippen molar-refractivity contribution >= 4 is 0 Å². The van der Waals surface area contributed by atoms with Crippen LogP contribution in [0.1, 0.15) is 45.5 Å². The molecule has 0 amide bonds. The molecule has 0 aliphatic carbocycles. The Kier molecular flexibility index (Phi) is 5.03. The van der Waals surface area contributed by atoms with E-state index in [1.54, 1.807) is 0 Å². The summed E-state index contributed by atoms with van der Waals surface area (Å²) in [5.74, 6) is 1.79. The number of benzene rings is 1. The van der Waals surface area contributed by atoms with E-state index in [4.69, 9.17) is 14.8 Å². The third-order valence-corrected chi connectivity index (χ3v) is 5.10. The fraction of sp³-hybridized carbons (Fsp3) is 0.409. The second-order valence-electron chi connectivity index (χ2n) is 7.33. The smallest absolute Gasteiger partial charge is 0.160 e. The van der Waals surface area contributed by atoms with Crippen molar-refractivity contribution in [3.05, 3.63) is 54.5 Å². The van der Waals surface area contributed by atoms with Gasteiger partial charge in [-0.05, 0) is 38.8 Å². The molecule has 1 aliphatic rings. The van der Waals surface area contributed by atoms with Crippen molar-refractivity contribution in [2.75, 3.05) is 0 Å². The Labute approximate surface area is 160 Å². The standard InChI is InChI=1S/C22H26N4O/c1-4-21-24-22(26(25-21)19-12-15(2)27-16(3)13-19)18-10-11-20(23-14-18)17-8-6-5-7-9-17/h5-11,14-16,19H,4,12-13H2,1-3H3. The maximum Gasteiger partial charge on any atom is 0.160 e. The molecule has 27 heavy (non-hydrogen) atoms. The van der Waals surface area contributed by atoms with Crippen LogP contribution >= 0.6 is 0 Å². The van der Waals surface area contributed by atoms with Crippen LogP contribution in [0.25, 0.3) is 22.6 Å². The first kappa shape index (κ1) is 17.9. The molecule has 0 radical (unpaired) electrons. The van der Waals surface area contributed by atoms with Gasteiger partial charge in [0, 0.05) is 23.7 Å². The van der Waals surface area contributed by atoms with Gasteiger partial charge in [0.2, 0.25) is 0 Å². The highest BCUT2D eigenvalue weighted by Crippen LogP contribution is 2.32. The van der Waals surface area contributed by atoms with Crippen molar-refractivity contribution in [2.45, 2.75) is 58.3 Å². The molecule has 5 nitrogen and oxygen atoms in total. The minimum absolute atomic E-state index is 0.236. The minimum atomic E-state index is 0.236. The third-order valence-electron chi connectivity index (χ3n) is 5.10. The van der Waals surface area contributed by atoms with Crippen molar-refractivity contribution in [3.8, 4) is 22.6 Å². The maximum absolute atomic E-state index is 5.91. The molecule has 140 valence electrons. The number of pyridine rings is 1. The van der Waals surface area contributed by atoms with Crippen LogP contribution in [0.15, 0.2) is 48.7 Å². The molecule has 2 unspecified atom stereocenters. The van der Waals surface area contributed by atoms with E-state index in [0.717, 1.165) is 47.7 Å². The van der Waals surface area contributed by atoms with E-state index in [9.17, 15) is 0 Å². The zero-order valence-corrected chi connectivity index (χ0v) is 16.2. The molecule has 1 saturated heterocycles. The van der Waals surface area contributed by atoms with Gasteiger partial charge in [0.05, 0.1) is 23.9 Å². The highest BCUT2D eigenvalue weighted by molar-refractivity contribution is 5.63. The number of aromatic nitrogens is 4. The quantitative estimate of drug-likeness (QED) is 0.675. The van der Waals surface area contributed by atoms with Crippen LogP contribution in [0.5, 0.6) is 0 Å². The van der Waals surface area contributed by atoms with Crippen LogP contribution in [-0.2, 0) is 11.2 Å². The summed E-state index contributed by atoms with van der Waals surface area (Å²) in [6, 6.07) is 14.7. The number of nitrogens with zero attached hydrogens (tertiary/aromatic N) is 4. The lowest BCUT2D eigenvalue weighted by Gasteiger charge is -2.32. The van der Waals surface area contributed by atoms with Gasteiger partial charge in [0.1, 0.15) is 0 Å². The van der Waals surface area contributed by atoms with E-state index >= 15 is 0 Å². The molecule has 2 aromatic heterocycles. The number of hydrogen-bond acceptors (Lipinski definition) is 4. The lowest BCUT2D eigenvalue weighted by molar-refractivity contribution is -0.0504. The molecule has 1 aromatic carbocycles. The molecule has 3 heterocycles. The number of hydrogen-bond donors (Lipinski definition) is 0. The van der Waals surface area contributed by atoms with Crippen molar-refractivity contribution in [3.63, 3.8) is 0 Å². The van der Waals surface area contributed by atoms with Gasteiger partial charge in [-0.3, -0.25) is 4.98 Å². The average Bonchev–Trinajstić information content (AvgIpc) is 3.13. The summed E-state index contributed by atoms with van der Waals surface area (Å²) < 4.78 is 8.01. The van der Waals surface area contributed by atoms with Gasteiger partial charge < -0.3 is 4.74 Å². The maximum atomic E-state index is 5.91. The highest BCUT2D eigenvalue weighted by Gasteiger charge is 2.29. The molecule has 4 rings (SSSR count). The highest BCUT2D eigenvalue weighted by atomic mass is 16.5. The van der Waals surface area contributed by atoms with Gasteiger partial charge in [-0.25, -0.2) is 9.67 Å². The Morgan fingerprint density at radius 3 is 2.37 bits per heavy atom. The SMILES string of the molecule is CCc1nc(-c2ccc(-c3ccccc3)nc2)n(C2CC(C)OC(C)C2)n1. The topological polar surface area (TPSA) is 52.8 Å². The predicted molar refractivity (Wildman–Crippen MR) is 106 cm³/mol. The monoisotopic (exact) mass is 362 g/mol. The number of aryl methyl sites for hydroxylation is 1. The van der Waals surface area contributed by atoms with Crippen molar-refractivity contribution in [2.24, 2.45) is 0 Å². The zero-order valence-electron chi connectivity index (χ0n) is 16.2. The van der Waals surface area contributed by atoms with Crippen LogP contribution in [0.2, 0.25) is 0 Å².